The molecule has 208 valence electrons. The third-order valence-electron chi connectivity index (χ3n) is 6.88. The van der Waals surface area contributed by atoms with Gasteiger partial charge in [-0.2, -0.15) is 0 Å². The molecule has 1 heterocycles. The molecule has 11 heteroatoms. The van der Waals surface area contributed by atoms with E-state index in [0.717, 1.165) is 40.0 Å². The zero-order chi connectivity index (χ0) is 25.8. The summed E-state index contributed by atoms with van der Waals surface area (Å²) >= 11 is 0. The number of benzene rings is 2. The van der Waals surface area contributed by atoms with E-state index in [9.17, 15) is 18.8 Å². The first-order chi connectivity index (χ1) is 17.3. The van der Waals surface area contributed by atoms with Crippen molar-refractivity contribution in [2.75, 3.05) is 44.7 Å². The molecule has 2 aromatic rings. The molecule has 2 N–H and O–H groups in total. The number of hydrazine groups is 1. The number of rotatable bonds is 10. The summed E-state index contributed by atoms with van der Waals surface area (Å²) in [5, 5.41) is 9.50. The van der Waals surface area contributed by atoms with Crippen molar-refractivity contribution in [3.8, 4) is 0 Å². The number of likely N-dealkylation sites (N-methyl/N-ethyl adjacent to an activating group) is 2. The van der Waals surface area contributed by atoms with E-state index in [1.54, 1.807) is 23.0 Å². The van der Waals surface area contributed by atoms with E-state index in [2.05, 4.69) is 10.6 Å². The first-order valence-corrected chi connectivity index (χ1v) is 12.4. The summed E-state index contributed by atoms with van der Waals surface area (Å²) in [6, 6.07) is 8.51. The highest BCUT2D eigenvalue weighted by molar-refractivity contribution is 6.01. The fourth-order valence-electron chi connectivity index (χ4n) is 4.83. The summed E-state index contributed by atoms with van der Waals surface area (Å²) in [5.41, 5.74) is 5.17. The molecule has 2 aromatic carbocycles. The summed E-state index contributed by atoms with van der Waals surface area (Å²) in [6.45, 7) is 6.86. The Labute approximate surface area is 235 Å². The van der Waals surface area contributed by atoms with Gasteiger partial charge in [0.1, 0.15) is 5.82 Å². The number of carbonyl (C=O) groups excluding carboxylic acids is 3. The normalized spacial score (nSPS) is 13.7. The lowest BCUT2D eigenvalue weighted by molar-refractivity contribution is -0.145. The minimum Gasteiger partial charge on any atom is -0.353 e. The summed E-state index contributed by atoms with van der Waals surface area (Å²) < 4.78 is 13.6. The maximum Gasteiger partial charge on any atom is 0.256 e. The molecule has 0 saturated carbocycles. The minimum atomic E-state index is -0.290. The molecule has 0 atom stereocenters. The van der Waals surface area contributed by atoms with Gasteiger partial charge in [0.25, 0.3) is 5.91 Å². The summed E-state index contributed by atoms with van der Waals surface area (Å²) in [6.07, 6.45) is 1.15. The smallest absolute Gasteiger partial charge is 0.256 e. The van der Waals surface area contributed by atoms with Crippen molar-refractivity contribution in [3.05, 3.63) is 64.0 Å². The lowest BCUT2D eigenvalue weighted by Crippen LogP contribution is -2.48. The van der Waals surface area contributed by atoms with Crippen molar-refractivity contribution in [1.29, 1.82) is 0 Å². The average molecular weight is 569 g/mol. The second-order valence-corrected chi connectivity index (χ2v) is 9.43. The minimum absolute atomic E-state index is 0. The number of hydrogen-bond acceptors (Lipinski definition) is 6. The van der Waals surface area contributed by atoms with Gasteiger partial charge in [0.15, 0.2) is 5.78 Å². The van der Waals surface area contributed by atoms with E-state index < -0.39 is 0 Å². The van der Waals surface area contributed by atoms with Gasteiger partial charge in [-0.1, -0.05) is 13.0 Å². The van der Waals surface area contributed by atoms with Crippen molar-refractivity contribution >= 4 is 48.1 Å². The Hall–Kier alpha value is -2.72. The van der Waals surface area contributed by atoms with Crippen molar-refractivity contribution < 1.29 is 18.8 Å². The van der Waals surface area contributed by atoms with Crippen molar-refractivity contribution in [3.63, 3.8) is 0 Å². The van der Waals surface area contributed by atoms with Crippen LogP contribution in [0, 0.1) is 12.7 Å². The standard InChI is InChI=1S/C27H34FN5O3.2ClH/c1-4-29-9-10-30-26(35)16-32(24-13-19-6-8-25(34)23(19)11-18(24)2)17-27(36)31(3)33-14-20-5-7-22(28)12-21(20)15-33;;/h5,7,11-13,29H,4,6,8-10,14-17H2,1-3H3,(H,30,35);2*1H. The molecule has 0 aromatic heterocycles. The number of aryl methyl sites for hydroxylation is 2. The molecule has 2 amide bonds. The Morgan fingerprint density at radius 3 is 2.47 bits per heavy atom. The molecule has 8 nitrogen and oxygen atoms in total. The number of halogens is 3. The first kappa shape index (κ1) is 31.5. The highest BCUT2D eigenvalue weighted by Gasteiger charge is 2.28. The summed E-state index contributed by atoms with van der Waals surface area (Å²) in [4.78, 5) is 40.1. The molecular weight excluding hydrogens is 532 g/mol. The topological polar surface area (TPSA) is 85.0 Å². The van der Waals surface area contributed by atoms with Crippen molar-refractivity contribution in [2.24, 2.45) is 0 Å². The first-order valence-electron chi connectivity index (χ1n) is 12.4. The summed E-state index contributed by atoms with van der Waals surface area (Å²) in [5.74, 6) is -0.516. The number of nitrogens with one attached hydrogen (secondary N) is 2. The van der Waals surface area contributed by atoms with Crippen LogP contribution in [0.5, 0.6) is 0 Å². The molecule has 0 saturated heterocycles. The zero-order valence-corrected chi connectivity index (χ0v) is 23.6. The largest absolute Gasteiger partial charge is 0.353 e. The van der Waals surface area contributed by atoms with Crippen LogP contribution in [-0.2, 0) is 29.1 Å². The second-order valence-electron chi connectivity index (χ2n) is 9.43. The van der Waals surface area contributed by atoms with Crippen LogP contribution < -0.4 is 15.5 Å². The van der Waals surface area contributed by atoms with Gasteiger partial charge in [-0.05, 0) is 66.4 Å². The van der Waals surface area contributed by atoms with E-state index in [1.165, 1.54) is 12.1 Å². The quantitative estimate of drug-likeness (QED) is 0.429. The predicted molar refractivity (Wildman–Crippen MR) is 151 cm³/mol. The van der Waals surface area contributed by atoms with Gasteiger partial charge in [0, 0.05) is 50.9 Å². The SMILES string of the molecule is CCNCCNC(=O)CN(CC(=O)N(C)N1Cc2ccc(F)cc2C1)c1cc2c(cc1C)C(=O)CC2.Cl.Cl. The molecular formula is C27H36Cl2FN5O3. The third-order valence-corrected chi connectivity index (χ3v) is 6.88. The van der Waals surface area contributed by atoms with Crippen LogP contribution in [0.2, 0.25) is 0 Å². The highest BCUT2D eigenvalue weighted by atomic mass is 35.5. The van der Waals surface area contributed by atoms with Gasteiger partial charge < -0.3 is 15.5 Å². The van der Waals surface area contributed by atoms with Gasteiger partial charge in [-0.15, -0.1) is 24.8 Å². The average Bonchev–Trinajstić information content (AvgIpc) is 3.43. The molecule has 0 spiro atoms. The van der Waals surface area contributed by atoms with Crippen LogP contribution in [0.4, 0.5) is 10.1 Å². The number of ketones is 1. The van der Waals surface area contributed by atoms with Crippen LogP contribution in [0.1, 0.15) is 46.0 Å². The lowest BCUT2D eigenvalue weighted by atomic mass is 10.0. The fraction of sp³-hybridized carbons (Fsp3) is 0.444. The van der Waals surface area contributed by atoms with Gasteiger partial charge >= 0.3 is 0 Å². The van der Waals surface area contributed by atoms with Crippen molar-refractivity contribution in [1.82, 2.24) is 20.7 Å². The van der Waals surface area contributed by atoms with Crippen LogP contribution >= 0.6 is 24.8 Å². The monoisotopic (exact) mass is 567 g/mol. The zero-order valence-electron chi connectivity index (χ0n) is 22.0. The van der Waals surface area contributed by atoms with Gasteiger partial charge in [-0.3, -0.25) is 19.4 Å². The number of nitrogens with zero attached hydrogens (tertiary/aromatic N) is 3. The molecule has 4 rings (SSSR count). The molecule has 1 aliphatic carbocycles. The van der Waals surface area contributed by atoms with E-state index in [0.29, 0.717) is 39.0 Å². The van der Waals surface area contributed by atoms with E-state index in [1.807, 2.05) is 31.0 Å². The molecule has 0 fully saturated rings. The fourth-order valence-corrected chi connectivity index (χ4v) is 4.83. The van der Waals surface area contributed by atoms with Crippen LogP contribution in [-0.4, -0.2) is 67.4 Å². The Morgan fingerprint density at radius 2 is 1.74 bits per heavy atom. The number of carbonyl (C=O) groups is 3. The van der Waals surface area contributed by atoms with Gasteiger partial charge in [0.05, 0.1) is 13.1 Å². The Bertz CT molecular complexity index is 1180. The Morgan fingerprint density at radius 1 is 1.00 bits per heavy atom. The molecule has 38 heavy (non-hydrogen) atoms. The van der Waals surface area contributed by atoms with Crippen LogP contribution in [0.25, 0.3) is 0 Å². The number of hydrogen-bond donors (Lipinski definition) is 2. The second kappa shape index (κ2) is 13.9. The number of amides is 2. The highest BCUT2D eigenvalue weighted by Crippen LogP contribution is 2.31. The lowest BCUT2D eigenvalue weighted by Gasteiger charge is -2.32. The Balaban J connectivity index is 0.00000253. The molecule has 0 bridgehead atoms. The third kappa shape index (κ3) is 7.22. The van der Waals surface area contributed by atoms with Crippen LogP contribution in [0.3, 0.4) is 0 Å². The predicted octanol–water partition coefficient (Wildman–Crippen LogP) is 3.03. The van der Waals surface area contributed by atoms with Crippen molar-refractivity contribution in [2.45, 2.75) is 39.8 Å². The molecule has 2 aliphatic rings. The molecule has 1 aliphatic heterocycles. The number of anilines is 1. The molecule has 0 unspecified atom stereocenters. The number of Topliss-reactive ketones (excluding diaryl/α,β-unsaturated/α-hetero) is 1. The van der Waals surface area contributed by atoms with Crippen LogP contribution in [0.15, 0.2) is 30.3 Å². The van der Waals surface area contributed by atoms with Gasteiger partial charge in [-0.25, -0.2) is 9.40 Å². The maximum atomic E-state index is 13.6. The Kier molecular flexibility index (Phi) is 11.5. The van der Waals surface area contributed by atoms with E-state index in [-0.39, 0.29) is 61.3 Å². The maximum absolute atomic E-state index is 13.6. The summed E-state index contributed by atoms with van der Waals surface area (Å²) in [7, 11) is 1.70. The van der Waals surface area contributed by atoms with E-state index in [4.69, 9.17) is 0 Å². The van der Waals surface area contributed by atoms with Gasteiger partial charge in [0.2, 0.25) is 5.91 Å². The van der Waals surface area contributed by atoms with E-state index >= 15 is 0 Å². The molecule has 0 radical (unpaired) electrons. The number of fused-ring (bicyclic) bond motifs is 2.